The molecule has 7 nitrogen and oxygen atoms in total. The number of hydrogen-bond donors (Lipinski definition) is 1. The van der Waals surface area contributed by atoms with Gasteiger partial charge in [-0.3, -0.25) is 0 Å². The fourth-order valence-electron chi connectivity index (χ4n) is 3.41. The normalized spacial score (nSPS) is 13.2. The molecule has 0 spiro atoms. The molecule has 0 saturated carbocycles. The molecule has 0 unspecified atom stereocenters. The molecule has 0 amide bonds. The first-order valence-corrected chi connectivity index (χ1v) is 9.76. The van der Waals surface area contributed by atoms with Crippen LogP contribution in [-0.2, 0) is 19.4 Å². The Morgan fingerprint density at radius 2 is 2.14 bits per heavy atom. The summed E-state index contributed by atoms with van der Waals surface area (Å²) in [5, 5.41) is 11.2. The number of aromatic amines is 1. The molecule has 0 radical (unpaired) electrons. The fraction of sp³-hybridized carbons (Fsp3) is 0.190. The first kappa shape index (κ1) is 17.7. The van der Waals surface area contributed by atoms with E-state index in [2.05, 4.69) is 27.4 Å². The van der Waals surface area contributed by atoms with E-state index in [0.29, 0.717) is 34.5 Å². The number of fused-ring (bicyclic) bond motifs is 1. The highest BCUT2D eigenvalue weighted by atomic mass is 32.1. The first-order valence-electron chi connectivity index (χ1n) is 9.35. The summed E-state index contributed by atoms with van der Waals surface area (Å²) < 4.78 is 18.9. The van der Waals surface area contributed by atoms with Crippen LogP contribution < -0.4 is 4.74 Å². The first-order chi connectivity index (χ1) is 14.3. The lowest BCUT2D eigenvalue weighted by Crippen LogP contribution is -1.95. The Labute approximate surface area is 171 Å². The number of furan rings is 2. The number of rotatable bonds is 6. The van der Waals surface area contributed by atoms with Crippen LogP contribution in [0.25, 0.3) is 11.6 Å². The molecule has 8 heteroatoms. The maximum Gasteiger partial charge on any atom is 0.219 e. The van der Waals surface area contributed by atoms with E-state index in [0.717, 1.165) is 12.2 Å². The molecule has 0 fully saturated rings. The van der Waals surface area contributed by atoms with Crippen LogP contribution >= 0.6 is 12.2 Å². The summed E-state index contributed by atoms with van der Waals surface area (Å²) in [4.78, 5) is 0. The Balaban J connectivity index is 1.28. The quantitative estimate of drug-likeness (QED) is 0.369. The zero-order valence-corrected chi connectivity index (χ0v) is 16.3. The molecule has 4 aromatic rings. The molecular formula is C21H18N4O3S. The maximum atomic E-state index is 5.88. The topological polar surface area (TPSA) is 81.5 Å². The standard InChI is InChI=1S/C21H18N4O3S/c29-21-24-23-20(19-5-2-10-26-19)25(21)22-12-17-8-9-18(28-17)13-27-16-7-6-14-3-1-4-15(14)11-16/h2,5-12H,1,3-4,13H2,(H,24,29). The maximum absolute atomic E-state index is 5.88. The van der Waals surface area contributed by atoms with Crippen molar-refractivity contribution < 1.29 is 13.6 Å². The average Bonchev–Trinajstić information content (AvgIpc) is 3.51. The smallest absolute Gasteiger partial charge is 0.219 e. The lowest BCUT2D eigenvalue weighted by molar-refractivity contribution is 0.269. The summed E-state index contributed by atoms with van der Waals surface area (Å²) in [6, 6.07) is 13.6. The highest BCUT2D eigenvalue weighted by molar-refractivity contribution is 7.71. The van der Waals surface area contributed by atoms with Crippen LogP contribution in [0, 0.1) is 4.77 Å². The van der Waals surface area contributed by atoms with Crippen LogP contribution in [0.4, 0.5) is 0 Å². The van der Waals surface area contributed by atoms with Gasteiger partial charge in [-0.2, -0.15) is 9.78 Å². The average molecular weight is 406 g/mol. The van der Waals surface area contributed by atoms with E-state index < -0.39 is 0 Å². The zero-order valence-electron chi connectivity index (χ0n) is 15.5. The summed E-state index contributed by atoms with van der Waals surface area (Å²) >= 11 is 5.24. The van der Waals surface area contributed by atoms with Gasteiger partial charge in [-0.1, -0.05) is 6.07 Å². The van der Waals surface area contributed by atoms with Gasteiger partial charge in [0.05, 0.1) is 12.5 Å². The largest absolute Gasteiger partial charge is 0.486 e. The molecule has 0 atom stereocenters. The minimum atomic E-state index is 0.357. The van der Waals surface area contributed by atoms with E-state index in [4.69, 9.17) is 25.8 Å². The zero-order chi connectivity index (χ0) is 19.6. The lowest BCUT2D eigenvalue weighted by Gasteiger charge is -2.06. The van der Waals surface area contributed by atoms with Crippen LogP contribution in [-0.4, -0.2) is 21.1 Å². The van der Waals surface area contributed by atoms with Crippen LogP contribution in [0.5, 0.6) is 5.75 Å². The Bertz CT molecular complexity index is 1220. The third-order valence-corrected chi connectivity index (χ3v) is 5.09. The summed E-state index contributed by atoms with van der Waals surface area (Å²) in [6.45, 7) is 0.357. The molecule has 5 rings (SSSR count). The summed E-state index contributed by atoms with van der Waals surface area (Å²) in [5.74, 6) is 3.23. The Morgan fingerprint density at radius 3 is 3.03 bits per heavy atom. The third-order valence-electron chi connectivity index (χ3n) is 4.83. The molecule has 1 N–H and O–H groups in total. The van der Waals surface area contributed by atoms with Crippen molar-refractivity contribution in [3.8, 4) is 17.3 Å². The molecule has 1 aliphatic rings. The van der Waals surface area contributed by atoms with Gasteiger partial charge in [0.1, 0.15) is 23.9 Å². The fourth-order valence-corrected chi connectivity index (χ4v) is 3.59. The van der Waals surface area contributed by atoms with Gasteiger partial charge in [0.25, 0.3) is 0 Å². The van der Waals surface area contributed by atoms with Gasteiger partial charge in [-0.15, -0.1) is 5.10 Å². The van der Waals surface area contributed by atoms with Crippen LogP contribution in [0.2, 0.25) is 0 Å². The van der Waals surface area contributed by atoms with E-state index in [1.54, 1.807) is 24.6 Å². The van der Waals surface area contributed by atoms with E-state index in [-0.39, 0.29) is 0 Å². The summed E-state index contributed by atoms with van der Waals surface area (Å²) in [7, 11) is 0. The van der Waals surface area contributed by atoms with E-state index in [9.17, 15) is 0 Å². The molecular weight excluding hydrogens is 388 g/mol. The number of ether oxygens (including phenoxy) is 1. The van der Waals surface area contributed by atoms with Crippen LogP contribution in [0.15, 0.2) is 62.7 Å². The summed E-state index contributed by atoms with van der Waals surface area (Å²) in [5.41, 5.74) is 2.82. The monoisotopic (exact) mass is 406 g/mol. The second-order valence-electron chi connectivity index (χ2n) is 6.76. The predicted octanol–water partition coefficient (Wildman–Crippen LogP) is 4.74. The van der Waals surface area contributed by atoms with Gasteiger partial charge in [0, 0.05) is 0 Å². The van der Waals surface area contributed by atoms with Gasteiger partial charge in [-0.25, -0.2) is 5.10 Å². The van der Waals surface area contributed by atoms with Crippen molar-refractivity contribution >= 4 is 18.4 Å². The molecule has 0 aliphatic heterocycles. The van der Waals surface area contributed by atoms with Crippen molar-refractivity contribution in [2.75, 3.05) is 0 Å². The van der Waals surface area contributed by atoms with Gasteiger partial charge in [0.2, 0.25) is 10.6 Å². The number of H-pyrrole nitrogens is 1. The molecule has 3 aromatic heterocycles. The Morgan fingerprint density at radius 1 is 1.21 bits per heavy atom. The number of hydrogen-bond acceptors (Lipinski definition) is 6. The number of aryl methyl sites for hydroxylation is 2. The van der Waals surface area contributed by atoms with Crippen molar-refractivity contribution in [2.45, 2.75) is 25.9 Å². The molecule has 1 aliphatic carbocycles. The van der Waals surface area contributed by atoms with Crippen LogP contribution in [0.1, 0.15) is 29.1 Å². The molecule has 3 heterocycles. The van der Waals surface area contributed by atoms with Crippen molar-refractivity contribution in [1.82, 2.24) is 14.9 Å². The van der Waals surface area contributed by atoms with Crippen molar-refractivity contribution in [3.63, 3.8) is 0 Å². The van der Waals surface area contributed by atoms with Gasteiger partial charge >= 0.3 is 0 Å². The lowest BCUT2D eigenvalue weighted by atomic mass is 10.1. The van der Waals surface area contributed by atoms with E-state index in [1.807, 2.05) is 18.2 Å². The van der Waals surface area contributed by atoms with E-state index in [1.165, 1.54) is 28.6 Å². The predicted molar refractivity (Wildman–Crippen MR) is 110 cm³/mol. The molecule has 0 bridgehead atoms. The number of aromatic nitrogens is 3. The minimum Gasteiger partial charge on any atom is -0.486 e. The molecule has 29 heavy (non-hydrogen) atoms. The van der Waals surface area contributed by atoms with E-state index >= 15 is 0 Å². The van der Waals surface area contributed by atoms with Gasteiger partial charge < -0.3 is 13.6 Å². The molecule has 0 saturated heterocycles. The SMILES string of the molecule is S=c1[nH]nc(-c2ccco2)n1N=Cc1ccc(COc2ccc3c(c2)CCC3)o1. The Kier molecular flexibility index (Phi) is 4.61. The van der Waals surface area contributed by atoms with Gasteiger partial charge in [-0.05, 0) is 79.0 Å². The highest BCUT2D eigenvalue weighted by Gasteiger charge is 2.12. The number of nitrogens with one attached hydrogen (secondary N) is 1. The highest BCUT2D eigenvalue weighted by Crippen LogP contribution is 2.26. The molecule has 1 aromatic carbocycles. The minimum absolute atomic E-state index is 0.357. The second-order valence-corrected chi connectivity index (χ2v) is 7.15. The Hall–Kier alpha value is -3.39. The van der Waals surface area contributed by atoms with Crippen molar-refractivity contribution in [3.05, 3.63) is 76.1 Å². The number of benzene rings is 1. The van der Waals surface area contributed by atoms with Crippen molar-refractivity contribution in [2.24, 2.45) is 5.10 Å². The number of nitrogens with zero attached hydrogens (tertiary/aromatic N) is 3. The summed E-state index contributed by atoms with van der Waals surface area (Å²) in [6.07, 6.45) is 6.67. The third kappa shape index (κ3) is 3.66. The second kappa shape index (κ2) is 7.56. The van der Waals surface area contributed by atoms with Gasteiger partial charge in [0.15, 0.2) is 5.76 Å². The van der Waals surface area contributed by atoms with Crippen molar-refractivity contribution in [1.29, 1.82) is 0 Å². The molecule has 146 valence electrons. The van der Waals surface area contributed by atoms with Crippen LogP contribution in [0.3, 0.4) is 0 Å².